The first-order chi connectivity index (χ1) is 9.06. The van der Waals surface area contributed by atoms with Crippen molar-refractivity contribution in [2.75, 3.05) is 0 Å². The molecule has 2 aromatic rings. The molecule has 19 heavy (non-hydrogen) atoms. The van der Waals surface area contributed by atoms with Gasteiger partial charge in [-0.3, -0.25) is 9.78 Å². The highest BCUT2D eigenvalue weighted by Gasteiger charge is 2.13. The summed E-state index contributed by atoms with van der Waals surface area (Å²) in [7, 11) is 0. The fourth-order valence-corrected chi connectivity index (χ4v) is 1.89. The van der Waals surface area contributed by atoms with Crippen LogP contribution >= 0.6 is 0 Å². The summed E-state index contributed by atoms with van der Waals surface area (Å²) in [4.78, 5) is 20.5. The lowest BCUT2D eigenvalue weighted by molar-refractivity contribution is 0.0989. The van der Waals surface area contributed by atoms with Gasteiger partial charge in [0.1, 0.15) is 12.2 Å². The quantitative estimate of drug-likeness (QED) is 0.770. The largest absolute Gasteiger partial charge is 0.294 e. The maximum Gasteiger partial charge on any atom is 0.170 e. The fourth-order valence-electron chi connectivity index (χ4n) is 1.89. The average molecular weight is 258 g/mol. The first-order valence-corrected chi connectivity index (χ1v) is 6.39. The van der Waals surface area contributed by atoms with Gasteiger partial charge < -0.3 is 0 Å². The first kappa shape index (κ1) is 13.4. The zero-order valence-electron chi connectivity index (χ0n) is 11.5. The summed E-state index contributed by atoms with van der Waals surface area (Å²) in [6.45, 7) is 6.87. The Hall–Kier alpha value is -2.04. The molecule has 0 spiro atoms. The van der Waals surface area contributed by atoms with Gasteiger partial charge in [-0.2, -0.15) is 5.10 Å². The third-order valence-corrected chi connectivity index (χ3v) is 2.77. The maximum atomic E-state index is 12.2. The van der Waals surface area contributed by atoms with Crippen molar-refractivity contribution in [1.29, 1.82) is 0 Å². The van der Waals surface area contributed by atoms with Gasteiger partial charge in [0.25, 0.3) is 0 Å². The van der Waals surface area contributed by atoms with Crippen LogP contribution in [0.25, 0.3) is 0 Å². The number of hydrogen-bond donors (Lipinski definition) is 0. The van der Waals surface area contributed by atoms with Crippen LogP contribution in [0.15, 0.2) is 24.7 Å². The Morgan fingerprint density at radius 2 is 2.16 bits per heavy atom. The second-order valence-corrected chi connectivity index (χ2v) is 5.04. The lowest BCUT2D eigenvalue weighted by Gasteiger charge is -2.08. The zero-order chi connectivity index (χ0) is 13.8. The molecule has 2 heterocycles. The van der Waals surface area contributed by atoms with Crippen molar-refractivity contribution in [2.24, 2.45) is 5.92 Å². The van der Waals surface area contributed by atoms with Gasteiger partial charge in [0.05, 0.1) is 6.42 Å². The van der Waals surface area contributed by atoms with Gasteiger partial charge in [-0.25, -0.2) is 9.67 Å². The number of pyridine rings is 1. The van der Waals surface area contributed by atoms with Crippen LogP contribution < -0.4 is 0 Å². The predicted molar refractivity (Wildman–Crippen MR) is 71.9 cm³/mol. The van der Waals surface area contributed by atoms with Gasteiger partial charge in [0.2, 0.25) is 0 Å². The number of hydrogen-bond acceptors (Lipinski definition) is 4. The van der Waals surface area contributed by atoms with E-state index < -0.39 is 0 Å². The van der Waals surface area contributed by atoms with Crippen molar-refractivity contribution in [1.82, 2.24) is 19.7 Å². The van der Waals surface area contributed by atoms with Gasteiger partial charge in [0, 0.05) is 24.0 Å². The Morgan fingerprint density at radius 3 is 2.84 bits per heavy atom. The SMILES string of the molecule is Cc1cc(C(=O)Cc2ncnn2CC(C)C)ccn1. The Kier molecular flexibility index (Phi) is 4.04. The van der Waals surface area contributed by atoms with Crippen LogP contribution in [0.1, 0.15) is 35.7 Å². The predicted octanol–water partition coefficient (Wildman–Crippen LogP) is 2.06. The van der Waals surface area contributed by atoms with Gasteiger partial charge in [-0.05, 0) is 25.0 Å². The van der Waals surface area contributed by atoms with Crippen molar-refractivity contribution < 1.29 is 4.79 Å². The highest BCUT2D eigenvalue weighted by atomic mass is 16.1. The van der Waals surface area contributed by atoms with E-state index in [1.165, 1.54) is 6.33 Å². The monoisotopic (exact) mass is 258 g/mol. The molecule has 100 valence electrons. The molecular weight excluding hydrogens is 240 g/mol. The van der Waals surface area contributed by atoms with E-state index in [0.717, 1.165) is 12.2 Å². The summed E-state index contributed by atoms with van der Waals surface area (Å²) in [5.41, 5.74) is 1.51. The number of nitrogens with zero attached hydrogens (tertiary/aromatic N) is 4. The molecule has 0 atom stereocenters. The average Bonchev–Trinajstić information content (AvgIpc) is 2.75. The van der Waals surface area contributed by atoms with E-state index in [-0.39, 0.29) is 12.2 Å². The van der Waals surface area contributed by atoms with Crippen molar-refractivity contribution in [3.05, 3.63) is 41.7 Å². The number of Topliss-reactive ketones (excluding diaryl/α,β-unsaturated/α-hetero) is 1. The Morgan fingerprint density at radius 1 is 1.37 bits per heavy atom. The number of carbonyl (C=O) groups is 1. The molecule has 0 unspecified atom stereocenters. The molecule has 0 aliphatic carbocycles. The number of ketones is 1. The molecular formula is C14H18N4O. The summed E-state index contributed by atoms with van der Waals surface area (Å²) in [5, 5.41) is 4.16. The molecule has 0 saturated carbocycles. The van der Waals surface area contributed by atoms with Crippen LogP contribution in [0.4, 0.5) is 0 Å². The van der Waals surface area contributed by atoms with Gasteiger partial charge in [-0.15, -0.1) is 0 Å². The van der Waals surface area contributed by atoms with Crippen LogP contribution in [0.2, 0.25) is 0 Å². The number of carbonyl (C=O) groups excluding carboxylic acids is 1. The molecule has 0 aliphatic rings. The fraction of sp³-hybridized carbons (Fsp3) is 0.429. The Labute approximate surface area is 112 Å². The van der Waals surface area contributed by atoms with Gasteiger partial charge in [-0.1, -0.05) is 13.8 Å². The van der Waals surface area contributed by atoms with Crippen molar-refractivity contribution in [3.63, 3.8) is 0 Å². The molecule has 0 N–H and O–H groups in total. The second kappa shape index (κ2) is 5.73. The number of aryl methyl sites for hydroxylation is 1. The lowest BCUT2D eigenvalue weighted by atomic mass is 10.1. The number of rotatable bonds is 5. The van der Waals surface area contributed by atoms with Crippen molar-refractivity contribution in [2.45, 2.75) is 33.7 Å². The molecule has 0 amide bonds. The lowest BCUT2D eigenvalue weighted by Crippen LogP contribution is -2.14. The van der Waals surface area contributed by atoms with Gasteiger partial charge in [0.15, 0.2) is 5.78 Å². The molecule has 0 aromatic carbocycles. The van der Waals surface area contributed by atoms with E-state index in [2.05, 4.69) is 28.9 Å². The van der Waals surface area contributed by atoms with Crippen LogP contribution in [-0.2, 0) is 13.0 Å². The summed E-state index contributed by atoms with van der Waals surface area (Å²) in [6, 6.07) is 3.53. The molecule has 2 rings (SSSR count). The zero-order valence-corrected chi connectivity index (χ0v) is 11.5. The highest BCUT2D eigenvalue weighted by Crippen LogP contribution is 2.08. The van der Waals surface area contributed by atoms with E-state index >= 15 is 0 Å². The third-order valence-electron chi connectivity index (χ3n) is 2.77. The normalized spacial score (nSPS) is 10.9. The smallest absolute Gasteiger partial charge is 0.170 e. The van der Waals surface area contributed by atoms with Crippen LogP contribution in [0, 0.1) is 12.8 Å². The third kappa shape index (κ3) is 3.47. The molecule has 0 bridgehead atoms. The molecule has 5 nitrogen and oxygen atoms in total. The molecule has 0 saturated heterocycles. The van der Waals surface area contributed by atoms with Crippen LogP contribution in [0.5, 0.6) is 0 Å². The molecule has 2 aromatic heterocycles. The first-order valence-electron chi connectivity index (χ1n) is 6.39. The van der Waals surface area contributed by atoms with Crippen LogP contribution in [-0.4, -0.2) is 25.5 Å². The Bertz CT molecular complexity index is 574. The maximum absolute atomic E-state index is 12.2. The Balaban J connectivity index is 2.13. The molecule has 0 aliphatic heterocycles. The molecule has 0 fully saturated rings. The van der Waals surface area contributed by atoms with E-state index in [0.29, 0.717) is 17.3 Å². The summed E-state index contributed by atoms with van der Waals surface area (Å²) < 4.78 is 1.80. The highest BCUT2D eigenvalue weighted by molar-refractivity contribution is 5.97. The van der Waals surface area contributed by atoms with Crippen molar-refractivity contribution >= 4 is 5.78 Å². The minimum absolute atomic E-state index is 0.0449. The van der Waals surface area contributed by atoms with E-state index in [1.807, 2.05) is 6.92 Å². The minimum Gasteiger partial charge on any atom is -0.294 e. The van der Waals surface area contributed by atoms with E-state index in [9.17, 15) is 4.79 Å². The van der Waals surface area contributed by atoms with Crippen LogP contribution in [0.3, 0.4) is 0 Å². The summed E-state index contributed by atoms with van der Waals surface area (Å²) >= 11 is 0. The standard InChI is InChI=1S/C14H18N4O/c1-10(2)8-18-14(16-9-17-18)7-13(19)12-4-5-15-11(3)6-12/h4-6,9-10H,7-8H2,1-3H3. The minimum atomic E-state index is 0.0449. The van der Waals surface area contributed by atoms with E-state index in [4.69, 9.17) is 0 Å². The van der Waals surface area contributed by atoms with Gasteiger partial charge >= 0.3 is 0 Å². The summed E-state index contributed by atoms with van der Waals surface area (Å²) in [6.07, 6.45) is 3.43. The second-order valence-electron chi connectivity index (χ2n) is 5.04. The van der Waals surface area contributed by atoms with E-state index in [1.54, 1.807) is 23.0 Å². The van der Waals surface area contributed by atoms with Crippen molar-refractivity contribution in [3.8, 4) is 0 Å². The summed E-state index contributed by atoms with van der Waals surface area (Å²) in [5.74, 6) is 1.23. The molecule has 0 radical (unpaired) electrons. The topological polar surface area (TPSA) is 60.7 Å². The molecule has 5 heteroatoms. The number of aromatic nitrogens is 4.